The van der Waals surface area contributed by atoms with Gasteiger partial charge in [0, 0.05) is 45.8 Å². The van der Waals surface area contributed by atoms with Crippen molar-refractivity contribution in [3.05, 3.63) is 18.2 Å². The van der Waals surface area contributed by atoms with Crippen LogP contribution >= 0.6 is 0 Å². The van der Waals surface area contributed by atoms with E-state index in [9.17, 15) is 0 Å². The lowest BCUT2D eigenvalue weighted by molar-refractivity contribution is 0.0407. The van der Waals surface area contributed by atoms with Crippen molar-refractivity contribution in [3.63, 3.8) is 0 Å². The smallest absolute Gasteiger partial charge is 0.125 e. The monoisotopic (exact) mass is 307 g/mol. The van der Waals surface area contributed by atoms with E-state index in [0.29, 0.717) is 24.1 Å². The van der Waals surface area contributed by atoms with Crippen molar-refractivity contribution in [2.24, 2.45) is 13.0 Å². The van der Waals surface area contributed by atoms with Crippen LogP contribution in [0, 0.1) is 5.92 Å². The minimum absolute atomic E-state index is 0.341. The van der Waals surface area contributed by atoms with Gasteiger partial charge in [0.25, 0.3) is 0 Å². The van der Waals surface area contributed by atoms with Crippen molar-refractivity contribution in [1.82, 2.24) is 14.9 Å². The summed E-state index contributed by atoms with van der Waals surface area (Å²) in [4.78, 5) is 4.62. The summed E-state index contributed by atoms with van der Waals surface area (Å²) in [7, 11) is 3.93. The van der Waals surface area contributed by atoms with E-state index in [1.54, 1.807) is 0 Å². The first-order valence-electron chi connectivity index (χ1n) is 8.61. The van der Waals surface area contributed by atoms with E-state index in [1.807, 2.05) is 19.5 Å². The van der Waals surface area contributed by atoms with Crippen molar-refractivity contribution in [3.8, 4) is 0 Å². The van der Waals surface area contributed by atoms with Crippen LogP contribution in [0.5, 0.6) is 0 Å². The van der Waals surface area contributed by atoms with Crippen LogP contribution in [-0.4, -0.2) is 42.0 Å². The largest absolute Gasteiger partial charge is 0.381 e. The Morgan fingerprint density at radius 2 is 1.95 bits per heavy atom. The minimum Gasteiger partial charge on any atom is -0.381 e. The molecule has 1 aromatic rings. The van der Waals surface area contributed by atoms with Gasteiger partial charge in [0.05, 0.1) is 12.1 Å². The Hall–Kier alpha value is -0.910. The standard InChI is InChI=1S/C17H29N3O2/c1-20-10-9-18-17(20)16(13-7-11-22-12-8-13)19-14-3-5-15(21-2)6-4-14/h9-10,13-16,19H,3-8,11-12H2,1-2H3. The Balaban J connectivity index is 1.67. The molecule has 1 aliphatic carbocycles. The topological polar surface area (TPSA) is 48.3 Å². The molecule has 1 unspecified atom stereocenters. The molecule has 2 heterocycles. The third-order valence-corrected chi connectivity index (χ3v) is 5.30. The Labute approximate surface area is 133 Å². The molecular formula is C17H29N3O2. The van der Waals surface area contributed by atoms with Crippen molar-refractivity contribution >= 4 is 0 Å². The van der Waals surface area contributed by atoms with Gasteiger partial charge in [0.1, 0.15) is 5.82 Å². The molecule has 5 heteroatoms. The van der Waals surface area contributed by atoms with Gasteiger partial charge in [-0.05, 0) is 44.4 Å². The van der Waals surface area contributed by atoms with Crippen LogP contribution in [0.15, 0.2) is 12.4 Å². The van der Waals surface area contributed by atoms with E-state index in [4.69, 9.17) is 9.47 Å². The molecule has 0 amide bonds. The molecule has 0 bridgehead atoms. The van der Waals surface area contributed by atoms with E-state index in [1.165, 1.54) is 18.7 Å². The van der Waals surface area contributed by atoms with Gasteiger partial charge in [-0.15, -0.1) is 0 Å². The SMILES string of the molecule is COC1CCC(NC(c2nccn2C)C2CCOCC2)CC1. The normalized spacial score (nSPS) is 28.6. The predicted octanol–water partition coefficient (Wildman–Crippen LogP) is 2.44. The number of methoxy groups -OCH3 is 1. The average molecular weight is 307 g/mol. The zero-order valence-corrected chi connectivity index (χ0v) is 13.8. The number of aromatic nitrogens is 2. The first-order valence-corrected chi connectivity index (χ1v) is 8.61. The van der Waals surface area contributed by atoms with Crippen molar-refractivity contribution in [2.45, 2.75) is 56.7 Å². The maximum atomic E-state index is 5.54. The number of hydrogen-bond donors (Lipinski definition) is 1. The van der Waals surface area contributed by atoms with Crippen LogP contribution in [0.3, 0.4) is 0 Å². The molecule has 2 fully saturated rings. The summed E-state index contributed by atoms with van der Waals surface area (Å²) in [5, 5.41) is 3.92. The van der Waals surface area contributed by atoms with Gasteiger partial charge in [0.15, 0.2) is 0 Å². The molecule has 2 aliphatic rings. The predicted molar refractivity (Wildman–Crippen MR) is 85.7 cm³/mol. The van der Waals surface area contributed by atoms with Gasteiger partial charge in [-0.25, -0.2) is 4.98 Å². The Morgan fingerprint density at radius 3 is 2.55 bits per heavy atom. The lowest BCUT2D eigenvalue weighted by Gasteiger charge is -2.36. The molecular weight excluding hydrogens is 278 g/mol. The van der Waals surface area contributed by atoms with Crippen LogP contribution in [0.1, 0.15) is 50.4 Å². The number of imidazole rings is 1. The molecule has 22 heavy (non-hydrogen) atoms. The summed E-state index contributed by atoms with van der Waals surface area (Å²) >= 11 is 0. The van der Waals surface area contributed by atoms with Gasteiger partial charge >= 0.3 is 0 Å². The van der Waals surface area contributed by atoms with Crippen LogP contribution in [0.4, 0.5) is 0 Å². The summed E-state index contributed by atoms with van der Waals surface area (Å²) in [6.07, 6.45) is 11.4. The quantitative estimate of drug-likeness (QED) is 0.907. The molecule has 0 spiro atoms. The molecule has 1 saturated heterocycles. The van der Waals surface area contributed by atoms with Gasteiger partial charge < -0.3 is 19.4 Å². The summed E-state index contributed by atoms with van der Waals surface area (Å²) in [5.41, 5.74) is 0. The van der Waals surface area contributed by atoms with E-state index in [2.05, 4.69) is 21.9 Å². The highest BCUT2D eigenvalue weighted by molar-refractivity contribution is 5.03. The second-order valence-electron chi connectivity index (χ2n) is 6.70. The van der Waals surface area contributed by atoms with Crippen LogP contribution in [0.25, 0.3) is 0 Å². The molecule has 0 radical (unpaired) electrons. The Kier molecular flexibility index (Phi) is 5.50. The second kappa shape index (κ2) is 7.57. The van der Waals surface area contributed by atoms with Gasteiger partial charge in [0.2, 0.25) is 0 Å². The zero-order chi connectivity index (χ0) is 15.4. The molecule has 1 aromatic heterocycles. The van der Waals surface area contributed by atoms with Crippen LogP contribution in [0.2, 0.25) is 0 Å². The maximum absolute atomic E-state index is 5.54. The second-order valence-corrected chi connectivity index (χ2v) is 6.70. The number of hydrogen-bond acceptors (Lipinski definition) is 4. The average Bonchev–Trinajstić information content (AvgIpc) is 3.00. The van der Waals surface area contributed by atoms with Crippen molar-refractivity contribution in [2.75, 3.05) is 20.3 Å². The molecule has 3 rings (SSSR count). The number of aryl methyl sites for hydroxylation is 1. The fraction of sp³-hybridized carbons (Fsp3) is 0.824. The van der Waals surface area contributed by atoms with Crippen molar-refractivity contribution in [1.29, 1.82) is 0 Å². The van der Waals surface area contributed by atoms with E-state index < -0.39 is 0 Å². The van der Waals surface area contributed by atoms with Gasteiger partial charge in [-0.2, -0.15) is 0 Å². The van der Waals surface area contributed by atoms with E-state index in [0.717, 1.165) is 38.9 Å². The first-order chi connectivity index (χ1) is 10.8. The molecule has 1 aliphatic heterocycles. The highest BCUT2D eigenvalue weighted by Crippen LogP contribution is 2.31. The zero-order valence-electron chi connectivity index (χ0n) is 13.8. The van der Waals surface area contributed by atoms with E-state index in [-0.39, 0.29) is 0 Å². The maximum Gasteiger partial charge on any atom is 0.125 e. The number of nitrogens with zero attached hydrogens (tertiary/aromatic N) is 2. The Bertz CT molecular complexity index is 449. The Morgan fingerprint density at radius 1 is 1.23 bits per heavy atom. The number of rotatable bonds is 5. The lowest BCUT2D eigenvalue weighted by Crippen LogP contribution is -2.42. The fourth-order valence-corrected chi connectivity index (χ4v) is 3.87. The van der Waals surface area contributed by atoms with Crippen molar-refractivity contribution < 1.29 is 9.47 Å². The number of nitrogens with one attached hydrogen (secondary N) is 1. The third-order valence-electron chi connectivity index (χ3n) is 5.30. The molecule has 1 N–H and O–H groups in total. The molecule has 1 saturated carbocycles. The third kappa shape index (κ3) is 3.70. The van der Waals surface area contributed by atoms with Gasteiger partial charge in [-0.1, -0.05) is 0 Å². The molecule has 0 aromatic carbocycles. The highest BCUT2D eigenvalue weighted by atomic mass is 16.5. The first kappa shape index (κ1) is 16.0. The molecule has 124 valence electrons. The van der Waals surface area contributed by atoms with Crippen LogP contribution in [-0.2, 0) is 16.5 Å². The summed E-state index contributed by atoms with van der Waals surface area (Å²) in [6, 6.07) is 0.920. The number of ether oxygens (including phenoxy) is 2. The minimum atomic E-state index is 0.341. The van der Waals surface area contributed by atoms with Gasteiger partial charge in [-0.3, -0.25) is 0 Å². The summed E-state index contributed by atoms with van der Waals surface area (Å²) < 4.78 is 13.2. The lowest BCUT2D eigenvalue weighted by atomic mass is 9.87. The summed E-state index contributed by atoms with van der Waals surface area (Å²) in [5.74, 6) is 1.79. The molecule has 1 atom stereocenters. The van der Waals surface area contributed by atoms with E-state index >= 15 is 0 Å². The highest BCUT2D eigenvalue weighted by Gasteiger charge is 2.31. The van der Waals surface area contributed by atoms with Crippen LogP contribution < -0.4 is 5.32 Å². The summed E-state index contributed by atoms with van der Waals surface area (Å²) in [6.45, 7) is 1.76. The molecule has 5 nitrogen and oxygen atoms in total. The fourth-order valence-electron chi connectivity index (χ4n) is 3.87.